The Labute approximate surface area is 107 Å². The molecule has 1 aromatic heterocycles. The lowest BCUT2D eigenvalue weighted by molar-refractivity contribution is 0.449. The summed E-state index contributed by atoms with van der Waals surface area (Å²) in [5.74, 6) is 0. The van der Waals surface area contributed by atoms with Gasteiger partial charge in [-0.15, -0.1) is 0 Å². The van der Waals surface area contributed by atoms with Crippen molar-refractivity contribution >= 4 is 27.5 Å². The first-order chi connectivity index (χ1) is 7.90. The molecule has 0 bridgehead atoms. The van der Waals surface area contributed by atoms with Crippen LogP contribution in [0.15, 0.2) is 12.1 Å². The highest BCUT2D eigenvalue weighted by molar-refractivity contribution is 7.90. The summed E-state index contributed by atoms with van der Waals surface area (Å²) in [5.41, 5.74) is 0.995. The minimum absolute atomic E-state index is 0.341. The molecule has 1 rings (SSSR count). The quantitative estimate of drug-likeness (QED) is 0.838. The summed E-state index contributed by atoms with van der Waals surface area (Å²) in [6, 6.07) is 3.15. The van der Waals surface area contributed by atoms with Gasteiger partial charge in [-0.25, -0.2) is 4.98 Å². The van der Waals surface area contributed by atoms with Crippen molar-refractivity contribution in [3.8, 4) is 0 Å². The Bertz CT molecular complexity index is 486. The number of halogens is 1. The van der Waals surface area contributed by atoms with E-state index < -0.39 is 10.2 Å². The van der Waals surface area contributed by atoms with Crippen molar-refractivity contribution in [3.05, 3.63) is 23.0 Å². The lowest BCUT2D eigenvalue weighted by atomic mass is 10.3. The van der Waals surface area contributed by atoms with Crippen molar-refractivity contribution < 1.29 is 8.42 Å². The SMILES string of the molecule is CCN(CC)S(=O)(=O)Nc1ccc(Cl)nc1C. The predicted octanol–water partition coefficient (Wildman–Crippen LogP) is 2.04. The molecule has 0 unspecified atom stereocenters. The fraction of sp³-hybridized carbons (Fsp3) is 0.500. The summed E-state index contributed by atoms with van der Waals surface area (Å²) in [5, 5.41) is 0.341. The number of aromatic nitrogens is 1. The molecule has 0 fully saturated rings. The van der Waals surface area contributed by atoms with Crippen molar-refractivity contribution in [2.75, 3.05) is 17.8 Å². The largest absolute Gasteiger partial charge is 0.301 e. The number of hydrogen-bond acceptors (Lipinski definition) is 3. The third-order valence-corrected chi connectivity index (χ3v) is 4.22. The highest BCUT2D eigenvalue weighted by Crippen LogP contribution is 2.18. The van der Waals surface area contributed by atoms with Gasteiger partial charge in [0.2, 0.25) is 0 Å². The van der Waals surface area contributed by atoms with Gasteiger partial charge in [0, 0.05) is 13.1 Å². The molecule has 0 spiro atoms. The highest BCUT2D eigenvalue weighted by atomic mass is 35.5. The Morgan fingerprint density at radius 2 is 1.94 bits per heavy atom. The topological polar surface area (TPSA) is 62.3 Å². The average molecular weight is 278 g/mol. The van der Waals surface area contributed by atoms with Gasteiger partial charge < -0.3 is 0 Å². The minimum Gasteiger partial charge on any atom is -0.269 e. The van der Waals surface area contributed by atoms with E-state index in [1.54, 1.807) is 32.9 Å². The Morgan fingerprint density at radius 1 is 1.35 bits per heavy atom. The van der Waals surface area contributed by atoms with Gasteiger partial charge in [0.15, 0.2) is 0 Å². The first kappa shape index (κ1) is 14.2. The van der Waals surface area contributed by atoms with Crippen LogP contribution < -0.4 is 4.72 Å². The lowest BCUT2D eigenvalue weighted by Crippen LogP contribution is -2.35. The van der Waals surface area contributed by atoms with Crippen LogP contribution in [0.25, 0.3) is 0 Å². The first-order valence-electron chi connectivity index (χ1n) is 5.31. The summed E-state index contributed by atoms with van der Waals surface area (Å²) < 4.78 is 27.7. The van der Waals surface area contributed by atoms with Gasteiger partial charge in [0.1, 0.15) is 5.15 Å². The van der Waals surface area contributed by atoms with Gasteiger partial charge in [0.25, 0.3) is 0 Å². The van der Waals surface area contributed by atoms with Gasteiger partial charge in [0.05, 0.1) is 11.4 Å². The molecule has 17 heavy (non-hydrogen) atoms. The maximum absolute atomic E-state index is 12.0. The Hall–Kier alpha value is -0.850. The van der Waals surface area contributed by atoms with Gasteiger partial charge in [-0.2, -0.15) is 12.7 Å². The third-order valence-electron chi connectivity index (χ3n) is 2.34. The number of nitrogens with zero attached hydrogens (tertiary/aromatic N) is 2. The second-order valence-electron chi connectivity index (χ2n) is 3.46. The summed E-state index contributed by atoms with van der Waals surface area (Å²) >= 11 is 5.71. The van der Waals surface area contributed by atoms with Crippen molar-refractivity contribution in [2.45, 2.75) is 20.8 Å². The molecule has 7 heteroatoms. The summed E-state index contributed by atoms with van der Waals surface area (Å²) in [7, 11) is -3.51. The molecule has 0 saturated carbocycles. The van der Waals surface area contributed by atoms with Crippen LogP contribution in [0, 0.1) is 6.92 Å². The molecule has 1 N–H and O–H groups in total. The second-order valence-corrected chi connectivity index (χ2v) is 5.52. The van der Waals surface area contributed by atoms with Crippen LogP contribution >= 0.6 is 11.6 Å². The minimum atomic E-state index is -3.51. The van der Waals surface area contributed by atoms with Gasteiger partial charge in [-0.3, -0.25) is 4.72 Å². The lowest BCUT2D eigenvalue weighted by Gasteiger charge is -2.20. The molecular weight excluding hydrogens is 262 g/mol. The van der Waals surface area contributed by atoms with Crippen molar-refractivity contribution in [2.24, 2.45) is 0 Å². The van der Waals surface area contributed by atoms with E-state index in [4.69, 9.17) is 11.6 Å². The van der Waals surface area contributed by atoms with Crippen molar-refractivity contribution in [1.82, 2.24) is 9.29 Å². The molecule has 1 aromatic rings. The summed E-state index contributed by atoms with van der Waals surface area (Å²) in [4.78, 5) is 3.99. The highest BCUT2D eigenvalue weighted by Gasteiger charge is 2.19. The van der Waals surface area contributed by atoms with Crippen LogP contribution in [0.2, 0.25) is 5.15 Å². The predicted molar refractivity (Wildman–Crippen MR) is 69.4 cm³/mol. The van der Waals surface area contributed by atoms with E-state index in [9.17, 15) is 8.42 Å². The Morgan fingerprint density at radius 3 is 2.41 bits per heavy atom. The van der Waals surface area contributed by atoms with Crippen LogP contribution in [-0.4, -0.2) is 30.8 Å². The second kappa shape index (κ2) is 5.66. The third kappa shape index (κ3) is 3.55. The Kier molecular flexibility index (Phi) is 4.73. The smallest absolute Gasteiger partial charge is 0.269 e. The average Bonchev–Trinajstić information content (AvgIpc) is 2.23. The van der Waals surface area contributed by atoms with Crippen LogP contribution in [0.4, 0.5) is 5.69 Å². The van der Waals surface area contributed by atoms with Crippen LogP contribution in [0.1, 0.15) is 19.5 Å². The van der Waals surface area contributed by atoms with Crippen LogP contribution in [0.3, 0.4) is 0 Å². The fourth-order valence-electron chi connectivity index (χ4n) is 1.41. The molecule has 0 aromatic carbocycles. The normalized spacial score (nSPS) is 11.8. The first-order valence-corrected chi connectivity index (χ1v) is 7.13. The standard InChI is InChI=1S/C10H16ClN3O2S/c1-4-14(5-2)17(15,16)13-9-6-7-10(11)12-8(9)3/h6-7,13H,4-5H2,1-3H3. The molecule has 0 aliphatic rings. The maximum atomic E-state index is 12.0. The molecule has 0 aliphatic heterocycles. The van der Waals surface area contributed by atoms with Gasteiger partial charge in [-0.05, 0) is 19.1 Å². The van der Waals surface area contributed by atoms with E-state index in [-0.39, 0.29) is 0 Å². The molecular formula is C10H16ClN3O2S. The number of rotatable bonds is 5. The van der Waals surface area contributed by atoms with Crippen molar-refractivity contribution in [1.29, 1.82) is 0 Å². The molecule has 0 atom stereocenters. The number of nitrogens with one attached hydrogen (secondary N) is 1. The fourth-order valence-corrected chi connectivity index (χ4v) is 2.90. The zero-order valence-electron chi connectivity index (χ0n) is 10.1. The summed E-state index contributed by atoms with van der Waals surface area (Å²) in [6.45, 7) is 6.12. The van der Waals surface area contributed by atoms with E-state index in [0.717, 1.165) is 0 Å². The van der Waals surface area contributed by atoms with Gasteiger partial charge >= 0.3 is 10.2 Å². The number of anilines is 1. The number of aryl methyl sites for hydroxylation is 1. The molecule has 5 nitrogen and oxygen atoms in total. The van der Waals surface area contributed by atoms with E-state index in [0.29, 0.717) is 29.6 Å². The monoisotopic (exact) mass is 277 g/mol. The van der Waals surface area contributed by atoms with E-state index >= 15 is 0 Å². The molecule has 0 radical (unpaired) electrons. The Balaban J connectivity index is 2.98. The van der Waals surface area contributed by atoms with Gasteiger partial charge in [-0.1, -0.05) is 25.4 Å². The number of hydrogen-bond donors (Lipinski definition) is 1. The molecule has 0 aliphatic carbocycles. The van der Waals surface area contributed by atoms with E-state index in [1.165, 1.54) is 4.31 Å². The zero-order valence-corrected chi connectivity index (χ0v) is 11.6. The molecule has 0 saturated heterocycles. The number of pyridine rings is 1. The molecule has 0 amide bonds. The molecule has 96 valence electrons. The van der Waals surface area contributed by atoms with Crippen LogP contribution in [-0.2, 0) is 10.2 Å². The maximum Gasteiger partial charge on any atom is 0.301 e. The molecule has 1 heterocycles. The van der Waals surface area contributed by atoms with Crippen LogP contribution in [0.5, 0.6) is 0 Å². The van der Waals surface area contributed by atoms with E-state index in [2.05, 4.69) is 9.71 Å². The van der Waals surface area contributed by atoms with E-state index in [1.807, 2.05) is 0 Å². The summed E-state index contributed by atoms with van der Waals surface area (Å²) in [6.07, 6.45) is 0. The van der Waals surface area contributed by atoms with Crippen molar-refractivity contribution in [3.63, 3.8) is 0 Å². The zero-order chi connectivity index (χ0) is 13.1.